The Morgan fingerprint density at radius 2 is 2.00 bits per heavy atom. The molecule has 0 aromatic rings. The van der Waals surface area contributed by atoms with Gasteiger partial charge in [-0.25, -0.2) is 8.42 Å². The lowest BCUT2D eigenvalue weighted by Gasteiger charge is -2.24. The highest BCUT2D eigenvalue weighted by molar-refractivity contribution is 7.90. The molecule has 2 unspecified atom stereocenters. The van der Waals surface area contributed by atoms with Crippen molar-refractivity contribution in [2.24, 2.45) is 11.8 Å². The van der Waals surface area contributed by atoms with Crippen LogP contribution in [0.2, 0.25) is 0 Å². The molecule has 16 heavy (non-hydrogen) atoms. The van der Waals surface area contributed by atoms with Gasteiger partial charge in [0.15, 0.2) is 0 Å². The fourth-order valence-corrected chi connectivity index (χ4v) is 3.02. The van der Waals surface area contributed by atoms with Crippen LogP contribution in [0.15, 0.2) is 0 Å². The van der Waals surface area contributed by atoms with Crippen molar-refractivity contribution in [2.45, 2.75) is 45.6 Å². The van der Waals surface area contributed by atoms with Gasteiger partial charge in [-0.05, 0) is 44.1 Å². The van der Waals surface area contributed by atoms with E-state index in [1.807, 2.05) is 0 Å². The van der Waals surface area contributed by atoms with Gasteiger partial charge in [-0.2, -0.15) is 0 Å². The Morgan fingerprint density at radius 3 is 2.44 bits per heavy atom. The van der Waals surface area contributed by atoms with Crippen LogP contribution >= 0.6 is 0 Å². The number of sulfone groups is 1. The highest BCUT2D eigenvalue weighted by Crippen LogP contribution is 2.39. The summed E-state index contributed by atoms with van der Waals surface area (Å²) in [6.45, 7) is 5.38. The molecular formula is C12H25NO2S. The number of nitrogens with one attached hydrogen (secondary N) is 1. The van der Waals surface area contributed by atoms with Gasteiger partial charge in [0.2, 0.25) is 0 Å². The molecule has 0 amide bonds. The van der Waals surface area contributed by atoms with E-state index in [-0.39, 0.29) is 0 Å². The minimum Gasteiger partial charge on any atom is -0.314 e. The summed E-state index contributed by atoms with van der Waals surface area (Å²) >= 11 is 0. The van der Waals surface area contributed by atoms with Crippen LogP contribution in [0.5, 0.6) is 0 Å². The third-order valence-corrected chi connectivity index (χ3v) is 4.53. The average molecular weight is 247 g/mol. The zero-order valence-corrected chi connectivity index (χ0v) is 11.5. The molecule has 1 aliphatic carbocycles. The van der Waals surface area contributed by atoms with Gasteiger partial charge < -0.3 is 5.32 Å². The summed E-state index contributed by atoms with van der Waals surface area (Å²) in [6.07, 6.45) is 5.80. The van der Waals surface area contributed by atoms with Crippen LogP contribution < -0.4 is 5.32 Å². The number of hydrogen-bond acceptors (Lipinski definition) is 3. The van der Waals surface area contributed by atoms with Gasteiger partial charge in [-0.3, -0.25) is 0 Å². The van der Waals surface area contributed by atoms with Crippen molar-refractivity contribution in [2.75, 3.05) is 18.6 Å². The van der Waals surface area contributed by atoms with E-state index in [4.69, 9.17) is 0 Å². The summed E-state index contributed by atoms with van der Waals surface area (Å²) in [5.41, 5.74) is 0. The van der Waals surface area contributed by atoms with Gasteiger partial charge >= 0.3 is 0 Å². The van der Waals surface area contributed by atoms with Crippen molar-refractivity contribution in [3.05, 3.63) is 0 Å². The second kappa shape index (κ2) is 6.01. The van der Waals surface area contributed by atoms with Crippen LogP contribution in [0.25, 0.3) is 0 Å². The third kappa shape index (κ3) is 5.30. The zero-order valence-electron chi connectivity index (χ0n) is 10.7. The average Bonchev–Trinajstić information content (AvgIpc) is 2.96. The molecule has 0 bridgehead atoms. The monoisotopic (exact) mass is 247 g/mol. The lowest BCUT2D eigenvalue weighted by atomic mass is 9.93. The summed E-state index contributed by atoms with van der Waals surface area (Å²) in [7, 11) is -2.79. The van der Waals surface area contributed by atoms with E-state index < -0.39 is 9.84 Å². The van der Waals surface area contributed by atoms with E-state index >= 15 is 0 Å². The third-order valence-electron chi connectivity index (χ3n) is 3.50. The summed E-state index contributed by atoms with van der Waals surface area (Å²) in [4.78, 5) is 0. The van der Waals surface area contributed by atoms with Gasteiger partial charge in [0.05, 0.1) is 0 Å². The summed E-state index contributed by atoms with van der Waals surface area (Å²) in [6, 6.07) is 0.499. The summed E-state index contributed by atoms with van der Waals surface area (Å²) in [5, 5.41) is 3.50. The van der Waals surface area contributed by atoms with Crippen molar-refractivity contribution in [1.82, 2.24) is 5.32 Å². The van der Waals surface area contributed by atoms with Crippen LogP contribution in [-0.2, 0) is 9.84 Å². The first-order chi connectivity index (χ1) is 7.44. The standard InChI is InChI=1S/C12H25NO2S/c1-4-13-12(10(2)11-7-8-11)6-5-9-16(3,14)15/h10-13H,4-9H2,1-3H3. The van der Waals surface area contributed by atoms with Crippen molar-refractivity contribution in [1.29, 1.82) is 0 Å². The molecule has 1 N–H and O–H groups in total. The lowest BCUT2D eigenvalue weighted by Crippen LogP contribution is -2.36. The predicted molar refractivity (Wildman–Crippen MR) is 68.3 cm³/mol. The molecule has 3 nitrogen and oxygen atoms in total. The Balaban J connectivity index is 2.32. The van der Waals surface area contributed by atoms with Gasteiger partial charge in [-0.1, -0.05) is 13.8 Å². The first-order valence-electron chi connectivity index (χ1n) is 6.35. The Hall–Kier alpha value is -0.0900. The molecule has 1 saturated carbocycles. The van der Waals surface area contributed by atoms with Crippen molar-refractivity contribution in [3.63, 3.8) is 0 Å². The fraction of sp³-hybridized carbons (Fsp3) is 1.00. The molecule has 0 aliphatic heterocycles. The quantitative estimate of drug-likeness (QED) is 0.712. The molecule has 96 valence electrons. The molecule has 0 saturated heterocycles. The lowest BCUT2D eigenvalue weighted by molar-refractivity contribution is 0.328. The first kappa shape index (κ1) is 14.0. The van der Waals surface area contributed by atoms with Gasteiger partial charge in [0.25, 0.3) is 0 Å². The van der Waals surface area contributed by atoms with Crippen LogP contribution in [-0.4, -0.2) is 33.0 Å². The van der Waals surface area contributed by atoms with Crippen LogP contribution in [0.4, 0.5) is 0 Å². The Morgan fingerprint density at radius 1 is 1.38 bits per heavy atom. The predicted octanol–water partition coefficient (Wildman–Crippen LogP) is 1.84. The maximum absolute atomic E-state index is 11.1. The van der Waals surface area contributed by atoms with Gasteiger partial charge in [0.1, 0.15) is 9.84 Å². The van der Waals surface area contributed by atoms with E-state index in [0.717, 1.165) is 25.3 Å². The zero-order chi connectivity index (χ0) is 12.2. The number of rotatable bonds is 8. The summed E-state index contributed by atoms with van der Waals surface area (Å²) in [5.74, 6) is 1.90. The molecule has 0 aromatic heterocycles. The highest BCUT2D eigenvalue weighted by atomic mass is 32.2. The maximum Gasteiger partial charge on any atom is 0.147 e. The van der Waals surface area contributed by atoms with E-state index in [1.165, 1.54) is 19.1 Å². The Bertz CT molecular complexity index is 296. The second-order valence-corrected chi connectivity index (χ2v) is 7.39. The molecule has 0 heterocycles. The van der Waals surface area contributed by atoms with Gasteiger partial charge in [0, 0.05) is 18.1 Å². The Labute approximate surface area is 99.9 Å². The van der Waals surface area contributed by atoms with Crippen LogP contribution in [0.1, 0.15) is 39.5 Å². The topological polar surface area (TPSA) is 46.2 Å². The molecule has 0 radical (unpaired) electrons. The van der Waals surface area contributed by atoms with Gasteiger partial charge in [-0.15, -0.1) is 0 Å². The minimum atomic E-state index is -2.79. The fourth-order valence-electron chi connectivity index (χ4n) is 2.33. The van der Waals surface area contributed by atoms with E-state index in [2.05, 4.69) is 19.2 Å². The molecular weight excluding hydrogens is 222 g/mol. The van der Waals surface area contributed by atoms with Crippen molar-refractivity contribution < 1.29 is 8.42 Å². The molecule has 0 spiro atoms. The second-order valence-electron chi connectivity index (χ2n) is 5.13. The molecule has 1 fully saturated rings. The van der Waals surface area contributed by atoms with Crippen LogP contribution in [0.3, 0.4) is 0 Å². The minimum absolute atomic E-state index is 0.326. The normalized spacial score (nSPS) is 20.7. The van der Waals surface area contributed by atoms with Crippen molar-refractivity contribution >= 4 is 9.84 Å². The molecule has 0 aromatic carbocycles. The molecule has 1 rings (SSSR count). The number of hydrogen-bond donors (Lipinski definition) is 1. The summed E-state index contributed by atoms with van der Waals surface area (Å²) < 4.78 is 22.1. The van der Waals surface area contributed by atoms with E-state index in [1.54, 1.807) is 0 Å². The molecule has 4 heteroatoms. The smallest absolute Gasteiger partial charge is 0.147 e. The SMILES string of the molecule is CCNC(CCCS(C)(=O)=O)C(C)C1CC1. The molecule has 2 atom stereocenters. The highest BCUT2D eigenvalue weighted by Gasteiger charge is 2.32. The van der Waals surface area contributed by atoms with E-state index in [9.17, 15) is 8.42 Å². The van der Waals surface area contributed by atoms with Crippen LogP contribution in [0, 0.1) is 11.8 Å². The Kier molecular flexibility index (Phi) is 5.25. The van der Waals surface area contributed by atoms with E-state index in [0.29, 0.717) is 17.7 Å². The molecule has 1 aliphatic rings. The largest absolute Gasteiger partial charge is 0.314 e. The maximum atomic E-state index is 11.1. The van der Waals surface area contributed by atoms with Crippen molar-refractivity contribution in [3.8, 4) is 0 Å². The first-order valence-corrected chi connectivity index (χ1v) is 8.41.